The molecule has 0 aliphatic rings. The summed E-state index contributed by atoms with van der Waals surface area (Å²) < 4.78 is 14.8. The van der Waals surface area contributed by atoms with Gasteiger partial charge in [0, 0.05) is 20.1 Å². The Labute approximate surface area is 135 Å². The molecule has 0 aliphatic heterocycles. The average molecular weight is 390 g/mol. The Hall–Kier alpha value is -1.75. The van der Waals surface area contributed by atoms with Gasteiger partial charge in [-0.1, -0.05) is 36.4 Å². The summed E-state index contributed by atoms with van der Waals surface area (Å²) in [5.74, 6) is -0.375. The molecule has 0 amide bonds. The Bertz CT molecular complexity index is 855. The van der Waals surface area contributed by atoms with Gasteiger partial charge in [-0.25, -0.2) is 4.39 Å². The first-order valence-electron chi connectivity index (χ1n) is 6.56. The normalized spacial score (nSPS) is 10.8. The van der Waals surface area contributed by atoms with Gasteiger partial charge in [0.2, 0.25) is 0 Å². The minimum atomic E-state index is -0.305. The third kappa shape index (κ3) is 2.46. The summed E-state index contributed by atoms with van der Waals surface area (Å²) in [7, 11) is 0. The largest absolute Gasteiger partial charge is 0.289 e. The van der Waals surface area contributed by atoms with E-state index in [1.165, 1.54) is 6.07 Å². The molecular weight excluding hydrogens is 378 g/mol. The van der Waals surface area contributed by atoms with Gasteiger partial charge in [0.1, 0.15) is 5.82 Å². The molecule has 0 spiro atoms. The van der Waals surface area contributed by atoms with Crippen molar-refractivity contribution in [2.75, 3.05) is 0 Å². The van der Waals surface area contributed by atoms with Crippen LogP contribution in [0, 0.1) is 16.3 Å². The van der Waals surface area contributed by atoms with Crippen molar-refractivity contribution in [2.24, 2.45) is 0 Å². The second-order valence-electron chi connectivity index (χ2n) is 4.91. The van der Waals surface area contributed by atoms with Crippen molar-refractivity contribution in [2.45, 2.75) is 6.92 Å². The maximum Gasteiger partial charge on any atom is 0.194 e. The third-order valence-electron chi connectivity index (χ3n) is 3.55. The molecule has 0 saturated carbocycles. The SMILES string of the molecule is Cc1cccc(C(=O)c2ccc(F)c3ccccc23)c1I. The standard InChI is InChI=1S/C18H12FIO/c1-11-5-4-8-15(17(11)20)18(21)14-9-10-16(19)13-7-3-2-6-12(13)14/h2-10H,1H3. The van der Waals surface area contributed by atoms with Crippen LogP contribution < -0.4 is 0 Å². The minimum absolute atomic E-state index is 0.0701. The number of aryl methyl sites for hydroxylation is 1. The molecule has 0 atom stereocenters. The highest BCUT2D eigenvalue weighted by Gasteiger charge is 2.17. The molecule has 3 rings (SSSR count). The Kier molecular flexibility index (Phi) is 3.76. The smallest absolute Gasteiger partial charge is 0.194 e. The molecule has 0 radical (unpaired) electrons. The van der Waals surface area contributed by atoms with Crippen LogP contribution in [0.4, 0.5) is 4.39 Å². The van der Waals surface area contributed by atoms with E-state index in [9.17, 15) is 9.18 Å². The Balaban J connectivity index is 2.23. The number of carbonyl (C=O) groups is 1. The summed E-state index contributed by atoms with van der Waals surface area (Å²) in [6, 6.07) is 15.7. The molecule has 0 fully saturated rings. The number of rotatable bonds is 2. The molecule has 0 aromatic heterocycles. The van der Waals surface area contributed by atoms with Crippen molar-refractivity contribution in [1.29, 1.82) is 0 Å². The highest BCUT2D eigenvalue weighted by Crippen LogP contribution is 2.26. The lowest BCUT2D eigenvalue weighted by Crippen LogP contribution is -2.06. The van der Waals surface area contributed by atoms with Gasteiger partial charge in [-0.05, 0) is 58.7 Å². The van der Waals surface area contributed by atoms with E-state index >= 15 is 0 Å². The van der Waals surface area contributed by atoms with Crippen molar-refractivity contribution in [3.05, 3.63) is 80.7 Å². The van der Waals surface area contributed by atoms with Crippen LogP contribution >= 0.6 is 22.6 Å². The Morgan fingerprint density at radius 3 is 2.38 bits per heavy atom. The molecule has 0 saturated heterocycles. The zero-order valence-electron chi connectivity index (χ0n) is 11.4. The summed E-state index contributed by atoms with van der Waals surface area (Å²) in [5.41, 5.74) is 2.26. The van der Waals surface area contributed by atoms with Crippen LogP contribution in [0.1, 0.15) is 21.5 Å². The van der Waals surface area contributed by atoms with Crippen LogP contribution in [0.3, 0.4) is 0 Å². The molecule has 21 heavy (non-hydrogen) atoms. The van der Waals surface area contributed by atoms with Gasteiger partial charge in [-0.2, -0.15) is 0 Å². The molecule has 0 bridgehead atoms. The predicted octanol–water partition coefficient (Wildman–Crippen LogP) is 5.12. The molecule has 0 N–H and O–H groups in total. The van der Waals surface area contributed by atoms with Crippen LogP contribution in [0.5, 0.6) is 0 Å². The third-order valence-corrected chi connectivity index (χ3v) is 4.98. The summed E-state index contributed by atoms with van der Waals surface area (Å²) >= 11 is 2.18. The van der Waals surface area contributed by atoms with E-state index in [0.717, 1.165) is 9.13 Å². The van der Waals surface area contributed by atoms with Crippen LogP contribution in [0.15, 0.2) is 54.6 Å². The van der Waals surface area contributed by atoms with E-state index in [-0.39, 0.29) is 11.6 Å². The summed E-state index contributed by atoms with van der Waals surface area (Å²) in [4.78, 5) is 12.8. The number of ketones is 1. The maximum atomic E-state index is 13.9. The molecule has 104 valence electrons. The fraction of sp³-hybridized carbons (Fsp3) is 0.0556. The highest BCUT2D eigenvalue weighted by atomic mass is 127. The molecule has 1 nitrogen and oxygen atoms in total. The monoisotopic (exact) mass is 390 g/mol. The number of fused-ring (bicyclic) bond motifs is 1. The predicted molar refractivity (Wildman–Crippen MR) is 91.2 cm³/mol. The van der Waals surface area contributed by atoms with Crippen LogP contribution in [-0.4, -0.2) is 5.78 Å². The van der Waals surface area contributed by atoms with E-state index < -0.39 is 0 Å². The molecule has 0 aliphatic carbocycles. The highest BCUT2D eigenvalue weighted by molar-refractivity contribution is 14.1. The second kappa shape index (κ2) is 5.56. The van der Waals surface area contributed by atoms with Gasteiger partial charge in [0.25, 0.3) is 0 Å². The zero-order chi connectivity index (χ0) is 15.0. The quantitative estimate of drug-likeness (QED) is 0.439. The van der Waals surface area contributed by atoms with Gasteiger partial charge in [-0.15, -0.1) is 0 Å². The Morgan fingerprint density at radius 2 is 1.62 bits per heavy atom. The first-order chi connectivity index (χ1) is 10.1. The summed E-state index contributed by atoms with van der Waals surface area (Å²) in [5, 5.41) is 1.13. The number of halogens is 2. The lowest BCUT2D eigenvalue weighted by molar-refractivity contribution is 0.103. The lowest BCUT2D eigenvalue weighted by atomic mass is 9.96. The molecule has 3 aromatic rings. The van der Waals surface area contributed by atoms with Crippen molar-refractivity contribution >= 4 is 39.1 Å². The summed E-state index contributed by atoms with van der Waals surface area (Å²) in [6.07, 6.45) is 0. The molecule has 3 heteroatoms. The number of carbonyl (C=O) groups excluding carboxylic acids is 1. The van der Waals surface area contributed by atoms with Gasteiger partial charge >= 0.3 is 0 Å². The van der Waals surface area contributed by atoms with Crippen molar-refractivity contribution in [3.8, 4) is 0 Å². The maximum absolute atomic E-state index is 13.9. The Morgan fingerprint density at radius 1 is 0.905 bits per heavy atom. The average Bonchev–Trinajstić information content (AvgIpc) is 2.50. The topological polar surface area (TPSA) is 17.1 Å². The van der Waals surface area contributed by atoms with E-state index in [1.54, 1.807) is 24.3 Å². The van der Waals surface area contributed by atoms with E-state index in [2.05, 4.69) is 22.6 Å². The van der Waals surface area contributed by atoms with E-state index in [0.29, 0.717) is 21.9 Å². The van der Waals surface area contributed by atoms with E-state index in [4.69, 9.17) is 0 Å². The fourth-order valence-corrected chi connectivity index (χ4v) is 3.03. The van der Waals surface area contributed by atoms with Crippen molar-refractivity contribution in [1.82, 2.24) is 0 Å². The molecule has 3 aromatic carbocycles. The number of hydrogen-bond donors (Lipinski definition) is 0. The zero-order valence-corrected chi connectivity index (χ0v) is 13.5. The second-order valence-corrected chi connectivity index (χ2v) is 5.98. The minimum Gasteiger partial charge on any atom is -0.289 e. The summed E-state index contributed by atoms with van der Waals surface area (Å²) in [6.45, 7) is 1.97. The number of hydrogen-bond acceptors (Lipinski definition) is 1. The molecule has 0 unspecified atom stereocenters. The lowest BCUT2D eigenvalue weighted by Gasteiger charge is -2.09. The van der Waals surface area contributed by atoms with Gasteiger partial charge < -0.3 is 0 Å². The van der Waals surface area contributed by atoms with Crippen LogP contribution in [0.25, 0.3) is 10.8 Å². The van der Waals surface area contributed by atoms with E-state index in [1.807, 2.05) is 31.2 Å². The van der Waals surface area contributed by atoms with Gasteiger partial charge in [0.05, 0.1) is 0 Å². The van der Waals surface area contributed by atoms with Crippen LogP contribution in [0.2, 0.25) is 0 Å². The van der Waals surface area contributed by atoms with Gasteiger partial charge in [-0.3, -0.25) is 4.79 Å². The number of benzene rings is 3. The molecular formula is C18H12FIO. The van der Waals surface area contributed by atoms with Gasteiger partial charge in [0.15, 0.2) is 5.78 Å². The van der Waals surface area contributed by atoms with Crippen LogP contribution in [-0.2, 0) is 0 Å². The first-order valence-corrected chi connectivity index (χ1v) is 7.64. The molecule has 0 heterocycles. The first kappa shape index (κ1) is 14.2. The van der Waals surface area contributed by atoms with Crippen molar-refractivity contribution in [3.63, 3.8) is 0 Å². The van der Waals surface area contributed by atoms with Crippen molar-refractivity contribution < 1.29 is 9.18 Å². The fourth-order valence-electron chi connectivity index (χ4n) is 2.43.